The predicted octanol–water partition coefficient (Wildman–Crippen LogP) is 2.75. The highest BCUT2D eigenvalue weighted by atomic mass is 35.5. The maximum Gasteiger partial charge on any atom is 0.572 e. The number of ether oxygens (including phenoxy) is 1. The second kappa shape index (κ2) is 9.02. The van der Waals surface area contributed by atoms with Crippen LogP contribution in [0.2, 0.25) is 0 Å². The lowest BCUT2D eigenvalue weighted by atomic mass is 10.4. The van der Waals surface area contributed by atoms with E-state index < -0.39 is 24.7 Å². The fourth-order valence-electron chi connectivity index (χ4n) is 1.34. The third-order valence-electron chi connectivity index (χ3n) is 2.07. The smallest absolute Gasteiger partial charge is 0.381 e. The summed E-state index contributed by atoms with van der Waals surface area (Å²) in [7, 11) is 0. The highest BCUT2D eigenvalue weighted by molar-refractivity contribution is 6.55. The molecule has 1 aromatic rings. The molecule has 1 saturated heterocycles. The van der Waals surface area contributed by atoms with Gasteiger partial charge in [0, 0.05) is 13.2 Å². The second-order valence-corrected chi connectivity index (χ2v) is 5.57. The number of benzene rings is 1. The topological polar surface area (TPSA) is 9.23 Å². The zero-order valence-corrected chi connectivity index (χ0v) is 11.6. The van der Waals surface area contributed by atoms with Crippen LogP contribution in [-0.2, 0) is 4.74 Å². The first-order chi connectivity index (χ1) is 7.58. The van der Waals surface area contributed by atoms with Crippen LogP contribution in [0.4, 0.5) is 13.2 Å². The lowest BCUT2D eigenvalue weighted by Gasteiger charge is -2.03. The number of rotatable bonds is 1. The fourth-order valence-corrected chi connectivity index (χ4v) is 2.31. The molecule has 1 aromatic carbocycles. The summed E-state index contributed by atoms with van der Waals surface area (Å²) < 4.78 is 36.8. The molecule has 1 fully saturated rings. The standard InChI is InChI=1S/C6H5.C4H8O.CF3.ClH.Mg/c1-2-4-6-5-3-1;1-2-4-5-3-1;2-1(3)4;;/h1-5H;1-4H2;;1H;. The molecule has 1 nitrogen and oxygen atoms in total. The first kappa shape index (κ1) is 17.0. The Kier molecular flexibility index (Phi) is 9.04. The highest BCUT2D eigenvalue weighted by Gasteiger charge is 2.31. The van der Waals surface area contributed by atoms with Crippen LogP contribution in [0.15, 0.2) is 30.3 Å². The fraction of sp³-hybridized carbons (Fsp3) is 0.455. The SMILES string of the molecule is C1CCOC1.Cl.F[C](F)(F)[Mg][c]1ccccc1. The molecule has 0 saturated carbocycles. The third-order valence-corrected chi connectivity index (χ3v) is 3.36. The summed E-state index contributed by atoms with van der Waals surface area (Å²) in [5, 5.41) is 0. The van der Waals surface area contributed by atoms with Gasteiger partial charge in [0.25, 0.3) is 4.31 Å². The van der Waals surface area contributed by atoms with E-state index in [0.29, 0.717) is 3.69 Å². The van der Waals surface area contributed by atoms with Gasteiger partial charge in [0.1, 0.15) is 0 Å². The van der Waals surface area contributed by atoms with Crippen molar-refractivity contribution in [2.75, 3.05) is 13.2 Å². The van der Waals surface area contributed by atoms with Crippen molar-refractivity contribution in [3.63, 3.8) is 0 Å². The van der Waals surface area contributed by atoms with Crippen molar-refractivity contribution in [2.45, 2.75) is 17.1 Å². The van der Waals surface area contributed by atoms with Crippen molar-refractivity contribution in [3.05, 3.63) is 30.3 Å². The van der Waals surface area contributed by atoms with Crippen molar-refractivity contribution in [2.24, 2.45) is 0 Å². The number of alkyl halides is 3. The molecule has 2 rings (SSSR count). The van der Waals surface area contributed by atoms with Crippen LogP contribution in [0.5, 0.6) is 0 Å². The molecule has 6 heteroatoms. The van der Waals surface area contributed by atoms with E-state index in [1.165, 1.54) is 25.0 Å². The van der Waals surface area contributed by atoms with E-state index in [0.717, 1.165) is 13.2 Å². The molecule has 0 atom stereocenters. The van der Waals surface area contributed by atoms with E-state index in [-0.39, 0.29) is 12.4 Å². The summed E-state index contributed by atoms with van der Waals surface area (Å²) in [6.07, 6.45) is 2.56. The second-order valence-electron chi connectivity index (χ2n) is 3.60. The van der Waals surface area contributed by atoms with Crippen LogP contribution in [0, 0.1) is 0 Å². The van der Waals surface area contributed by atoms with E-state index in [4.69, 9.17) is 4.74 Å². The Labute approximate surface area is 115 Å². The zero-order valence-electron chi connectivity index (χ0n) is 9.37. The van der Waals surface area contributed by atoms with Gasteiger partial charge in [-0.15, -0.1) is 12.4 Å². The molecule has 0 unspecified atom stereocenters. The van der Waals surface area contributed by atoms with Gasteiger partial charge < -0.3 is 4.74 Å². The Morgan fingerprint density at radius 2 is 1.53 bits per heavy atom. The van der Waals surface area contributed by atoms with Crippen LogP contribution in [-0.4, -0.2) is 37.9 Å². The quantitative estimate of drug-likeness (QED) is 0.718. The van der Waals surface area contributed by atoms with Crippen molar-refractivity contribution in [1.29, 1.82) is 0 Å². The largest absolute Gasteiger partial charge is 0.572 e. The molecule has 0 aromatic heterocycles. The average molecular weight is 279 g/mol. The summed E-state index contributed by atoms with van der Waals surface area (Å²) in [6, 6.07) is 8.04. The molecule has 1 heterocycles. The molecule has 0 N–H and O–H groups in total. The van der Waals surface area contributed by atoms with Crippen LogP contribution >= 0.6 is 12.4 Å². The van der Waals surface area contributed by atoms with Gasteiger partial charge in [-0.2, -0.15) is 3.69 Å². The Morgan fingerprint density at radius 1 is 1.00 bits per heavy atom. The Balaban J connectivity index is 0.000000360. The van der Waals surface area contributed by atoms with Gasteiger partial charge in [0.15, 0.2) is 0 Å². The molecule has 0 aliphatic carbocycles. The van der Waals surface area contributed by atoms with Crippen molar-refractivity contribution in [3.8, 4) is 0 Å². The summed E-state index contributed by atoms with van der Waals surface area (Å²) in [5.74, 6) is 0. The van der Waals surface area contributed by atoms with Crippen molar-refractivity contribution in [1.82, 2.24) is 0 Å². The molecule has 0 amide bonds. The molecule has 1 aliphatic rings. The molecular weight excluding hydrogens is 265 g/mol. The van der Waals surface area contributed by atoms with Crippen molar-refractivity contribution >= 4 is 36.5 Å². The van der Waals surface area contributed by atoms with Gasteiger partial charge in [-0.05, 0) is 12.8 Å². The van der Waals surface area contributed by atoms with E-state index in [1.807, 2.05) is 0 Å². The maximum absolute atomic E-state index is 11.8. The lowest BCUT2D eigenvalue weighted by molar-refractivity contribution is -0.0455. The van der Waals surface area contributed by atoms with E-state index in [9.17, 15) is 13.2 Å². The monoisotopic (exact) mass is 278 g/mol. The third kappa shape index (κ3) is 9.70. The summed E-state index contributed by atoms with van der Waals surface area (Å²) in [4.78, 5) is 0. The molecule has 0 bridgehead atoms. The minimum atomic E-state index is -3.96. The van der Waals surface area contributed by atoms with Gasteiger partial charge in [-0.1, -0.05) is 30.3 Å². The van der Waals surface area contributed by atoms with E-state index in [2.05, 4.69) is 0 Å². The molecule has 1 aliphatic heterocycles. The van der Waals surface area contributed by atoms with Gasteiger partial charge in [-0.25, -0.2) is 13.2 Å². The number of halogens is 4. The Hall–Kier alpha value is 0.0262. The maximum atomic E-state index is 11.8. The lowest BCUT2D eigenvalue weighted by Crippen LogP contribution is -2.29. The minimum Gasteiger partial charge on any atom is -0.381 e. The summed E-state index contributed by atoms with van der Waals surface area (Å²) in [5.41, 5.74) is 0. The first-order valence-electron chi connectivity index (χ1n) is 5.26. The zero-order chi connectivity index (χ0) is 11.9. The van der Waals surface area contributed by atoms with Gasteiger partial charge in [0.05, 0.1) is 0 Å². The highest BCUT2D eigenvalue weighted by Crippen LogP contribution is 2.11. The normalized spacial score (nSPS) is 14.1. The molecule has 94 valence electrons. The van der Waals surface area contributed by atoms with Crippen molar-refractivity contribution < 1.29 is 17.9 Å². The van der Waals surface area contributed by atoms with Crippen LogP contribution in [0.25, 0.3) is 0 Å². The van der Waals surface area contributed by atoms with Gasteiger partial charge in [-0.3, -0.25) is 0 Å². The van der Waals surface area contributed by atoms with Crippen LogP contribution in [0.3, 0.4) is 0 Å². The molecule has 0 spiro atoms. The Bertz CT molecular complexity index is 281. The molecular formula is C11H14ClF3MgO. The van der Waals surface area contributed by atoms with E-state index >= 15 is 0 Å². The van der Waals surface area contributed by atoms with Crippen LogP contribution in [0.1, 0.15) is 12.8 Å². The van der Waals surface area contributed by atoms with Gasteiger partial charge >= 0.3 is 20.4 Å². The number of hydrogen-bond donors (Lipinski definition) is 0. The average Bonchev–Trinajstić information content (AvgIpc) is 2.74. The minimum absolute atomic E-state index is 0. The van der Waals surface area contributed by atoms with Crippen LogP contribution < -0.4 is 3.69 Å². The first-order valence-corrected chi connectivity index (χ1v) is 6.68. The summed E-state index contributed by atoms with van der Waals surface area (Å²) >= 11 is -2.07. The molecule has 17 heavy (non-hydrogen) atoms. The summed E-state index contributed by atoms with van der Waals surface area (Å²) in [6.45, 7) is 2.00. The predicted molar refractivity (Wildman–Crippen MR) is 65.2 cm³/mol. The molecule has 0 radical (unpaired) electrons. The number of hydrogen-bond acceptors (Lipinski definition) is 1. The Morgan fingerprint density at radius 3 is 1.88 bits per heavy atom. The van der Waals surface area contributed by atoms with Gasteiger partial charge in [0.2, 0.25) is 0 Å². The van der Waals surface area contributed by atoms with E-state index in [1.54, 1.807) is 18.2 Å².